The second kappa shape index (κ2) is 9.23. The summed E-state index contributed by atoms with van der Waals surface area (Å²) in [5.41, 5.74) is 1.16. The number of para-hydroxylation sites is 2. The Morgan fingerprint density at radius 2 is 1.25 bits per heavy atom. The molecule has 0 aliphatic rings. The van der Waals surface area contributed by atoms with E-state index in [0.29, 0.717) is 0 Å². The third kappa shape index (κ3) is 4.88. The highest BCUT2D eigenvalue weighted by molar-refractivity contribution is 5.92. The Bertz CT molecular complexity index is 952. The number of hydrogen-bond acceptors (Lipinski definition) is 5. The third-order valence-electron chi connectivity index (χ3n) is 3.87. The first-order chi connectivity index (χ1) is 13.6. The van der Waals surface area contributed by atoms with Crippen molar-refractivity contribution in [3.05, 3.63) is 95.6 Å². The van der Waals surface area contributed by atoms with Gasteiger partial charge in [-0.05, 0) is 29.8 Å². The molecule has 3 aromatic rings. The smallest absolute Gasteiger partial charge is 0.342 e. The molecule has 0 fully saturated rings. The number of carboxylic acid groups (broad SMARTS) is 1. The molecule has 0 aromatic heterocycles. The van der Waals surface area contributed by atoms with E-state index in [1.165, 1.54) is 12.1 Å². The van der Waals surface area contributed by atoms with Crippen LogP contribution in [0.3, 0.4) is 0 Å². The number of benzene rings is 3. The number of aromatic carboxylic acids is 1. The van der Waals surface area contributed by atoms with Gasteiger partial charge in [-0.1, -0.05) is 54.6 Å². The minimum atomic E-state index is -1.10. The summed E-state index contributed by atoms with van der Waals surface area (Å²) in [6, 6.07) is 22.2. The molecule has 0 aliphatic heterocycles. The van der Waals surface area contributed by atoms with Gasteiger partial charge in [-0.25, -0.2) is 9.59 Å². The van der Waals surface area contributed by atoms with Crippen molar-refractivity contribution in [1.82, 2.24) is 0 Å². The summed E-state index contributed by atoms with van der Waals surface area (Å²) in [5.74, 6) is -1.15. The van der Waals surface area contributed by atoms with Crippen molar-refractivity contribution in [1.29, 1.82) is 0 Å². The lowest BCUT2D eigenvalue weighted by atomic mass is 10.2. The van der Waals surface area contributed by atoms with Crippen LogP contribution < -0.4 is 9.47 Å². The van der Waals surface area contributed by atoms with Gasteiger partial charge in [0.2, 0.25) is 6.79 Å². The molecule has 0 atom stereocenters. The zero-order valence-corrected chi connectivity index (χ0v) is 14.9. The normalized spacial score (nSPS) is 10.1. The summed E-state index contributed by atoms with van der Waals surface area (Å²) in [7, 11) is 0. The summed E-state index contributed by atoms with van der Waals surface area (Å²) in [4.78, 5) is 23.6. The lowest BCUT2D eigenvalue weighted by molar-refractivity contribution is 0.0461. The van der Waals surface area contributed by atoms with Gasteiger partial charge in [-0.2, -0.15) is 0 Å². The van der Waals surface area contributed by atoms with Crippen molar-refractivity contribution in [2.24, 2.45) is 0 Å². The first-order valence-electron chi connectivity index (χ1n) is 8.53. The second-order valence-electron chi connectivity index (χ2n) is 5.77. The fraction of sp³-hybridized carbons (Fsp3) is 0.0909. The van der Waals surface area contributed by atoms with Crippen molar-refractivity contribution < 1.29 is 28.9 Å². The van der Waals surface area contributed by atoms with E-state index in [1.807, 2.05) is 30.3 Å². The number of esters is 1. The Morgan fingerprint density at radius 1 is 0.714 bits per heavy atom. The number of carboxylic acids is 1. The highest BCUT2D eigenvalue weighted by Gasteiger charge is 2.15. The predicted octanol–water partition coefficient (Wildman–Crippen LogP) is 4.16. The summed E-state index contributed by atoms with van der Waals surface area (Å²) in [5, 5.41) is 9.17. The Labute approximate surface area is 161 Å². The average molecular weight is 378 g/mol. The Hall–Kier alpha value is -3.80. The Kier molecular flexibility index (Phi) is 6.25. The van der Waals surface area contributed by atoms with Crippen LogP contribution >= 0.6 is 0 Å². The molecule has 3 aromatic carbocycles. The maximum Gasteiger partial charge on any atom is 0.342 e. The molecule has 142 valence electrons. The maximum absolute atomic E-state index is 12.4. The van der Waals surface area contributed by atoms with E-state index < -0.39 is 11.9 Å². The molecular weight excluding hydrogens is 360 g/mol. The molecule has 0 bridgehead atoms. The van der Waals surface area contributed by atoms with Crippen LogP contribution in [0.25, 0.3) is 0 Å². The number of carbonyl (C=O) groups excluding carboxylic acids is 1. The van der Waals surface area contributed by atoms with Gasteiger partial charge < -0.3 is 19.3 Å². The molecular formula is C22H18O6. The van der Waals surface area contributed by atoms with Crippen molar-refractivity contribution in [3.63, 3.8) is 0 Å². The summed E-state index contributed by atoms with van der Waals surface area (Å²) < 4.78 is 16.3. The molecule has 1 N–H and O–H groups in total. The van der Waals surface area contributed by atoms with Gasteiger partial charge in [0, 0.05) is 0 Å². The number of ether oxygens (including phenoxy) is 3. The quantitative estimate of drug-likeness (QED) is 0.468. The van der Waals surface area contributed by atoms with E-state index >= 15 is 0 Å². The van der Waals surface area contributed by atoms with Gasteiger partial charge in [0.05, 0.1) is 0 Å². The molecule has 0 heterocycles. The monoisotopic (exact) mass is 378 g/mol. The molecule has 6 heteroatoms. The van der Waals surface area contributed by atoms with Crippen LogP contribution in [-0.2, 0) is 11.3 Å². The highest BCUT2D eigenvalue weighted by Crippen LogP contribution is 2.21. The van der Waals surface area contributed by atoms with Gasteiger partial charge in [0.25, 0.3) is 0 Å². The van der Waals surface area contributed by atoms with E-state index in [0.717, 1.165) is 5.56 Å². The van der Waals surface area contributed by atoms with Crippen LogP contribution in [0.2, 0.25) is 0 Å². The van der Waals surface area contributed by atoms with Crippen LogP contribution in [0, 0.1) is 0 Å². The number of hydrogen-bond donors (Lipinski definition) is 1. The fourth-order valence-electron chi connectivity index (χ4n) is 2.49. The summed E-state index contributed by atoms with van der Waals surface area (Å²) >= 11 is 0. The van der Waals surface area contributed by atoms with Gasteiger partial charge >= 0.3 is 11.9 Å². The minimum Gasteiger partial charge on any atom is -0.478 e. The number of rotatable bonds is 8. The molecule has 0 amide bonds. The zero-order valence-electron chi connectivity index (χ0n) is 14.9. The van der Waals surface area contributed by atoms with Gasteiger partial charge in [-0.3, -0.25) is 0 Å². The lowest BCUT2D eigenvalue weighted by Gasteiger charge is -2.13. The van der Waals surface area contributed by atoms with Crippen LogP contribution in [0.1, 0.15) is 26.3 Å². The van der Waals surface area contributed by atoms with Crippen LogP contribution in [0.5, 0.6) is 11.5 Å². The third-order valence-corrected chi connectivity index (χ3v) is 3.87. The zero-order chi connectivity index (χ0) is 19.8. The van der Waals surface area contributed by atoms with Gasteiger partial charge in [-0.15, -0.1) is 0 Å². The van der Waals surface area contributed by atoms with Crippen molar-refractivity contribution in [3.8, 4) is 11.5 Å². The first kappa shape index (κ1) is 19.0. The molecule has 6 nitrogen and oxygen atoms in total. The van der Waals surface area contributed by atoms with E-state index in [1.54, 1.807) is 36.4 Å². The fourth-order valence-corrected chi connectivity index (χ4v) is 2.49. The van der Waals surface area contributed by atoms with Gasteiger partial charge in [0.1, 0.15) is 29.2 Å². The van der Waals surface area contributed by atoms with E-state index in [2.05, 4.69) is 0 Å². The maximum atomic E-state index is 12.4. The van der Waals surface area contributed by atoms with Crippen LogP contribution in [0.4, 0.5) is 0 Å². The number of carbonyl (C=O) groups is 2. The molecule has 0 radical (unpaired) electrons. The Balaban J connectivity index is 1.62. The van der Waals surface area contributed by atoms with E-state index in [9.17, 15) is 9.59 Å². The summed E-state index contributed by atoms with van der Waals surface area (Å²) in [6.45, 7) is -0.107. The van der Waals surface area contributed by atoms with Crippen molar-refractivity contribution in [2.45, 2.75) is 6.61 Å². The molecule has 0 unspecified atom stereocenters. The second-order valence-corrected chi connectivity index (χ2v) is 5.77. The molecule has 0 spiro atoms. The average Bonchev–Trinajstić information content (AvgIpc) is 2.73. The standard InChI is InChI=1S/C22H18O6/c23-21(24)17-10-4-6-12-19(17)27-15-28-20-13-7-5-11-18(20)22(25)26-14-16-8-2-1-3-9-16/h1-13H,14-15H2,(H,23,24). The topological polar surface area (TPSA) is 82.1 Å². The minimum absolute atomic E-state index is 0.0293. The molecule has 3 rings (SSSR count). The molecule has 0 aliphatic carbocycles. The highest BCUT2D eigenvalue weighted by atomic mass is 16.7. The van der Waals surface area contributed by atoms with E-state index in [-0.39, 0.29) is 36.0 Å². The van der Waals surface area contributed by atoms with Crippen molar-refractivity contribution >= 4 is 11.9 Å². The molecule has 0 saturated carbocycles. The van der Waals surface area contributed by atoms with Crippen LogP contribution in [0.15, 0.2) is 78.9 Å². The predicted molar refractivity (Wildman–Crippen MR) is 102 cm³/mol. The Morgan fingerprint density at radius 3 is 1.89 bits per heavy atom. The SMILES string of the molecule is O=C(O)c1ccccc1OCOc1ccccc1C(=O)OCc1ccccc1. The summed E-state index contributed by atoms with van der Waals surface area (Å²) in [6.07, 6.45) is 0. The lowest BCUT2D eigenvalue weighted by Crippen LogP contribution is -2.12. The van der Waals surface area contributed by atoms with Gasteiger partial charge in [0.15, 0.2) is 0 Å². The van der Waals surface area contributed by atoms with E-state index in [4.69, 9.17) is 19.3 Å². The van der Waals surface area contributed by atoms with Crippen LogP contribution in [-0.4, -0.2) is 23.8 Å². The van der Waals surface area contributed by atoms with Crippen molar-refractivity contribution in [2.75, 3.05) is 6.79 Å². The first-order valence-corrected chi connectivity index (χ1v) is 8.53. The molecule has 0 saturated heterocycles. The molecule has 28 heavy (non-hydrogen) atoms. The largest absolute Gasteiger partial charge is 0.478 e.